The van der Waals surface area contributed by atoms with Gasteiger partial charge >= 0.3 is 0 Å². The lowest BCUT2D eigenvalue weighted by molar-refractivity contribution is -0.123. The summed E-state index contributed by atoms with van der Waals surface area (Å²) in [5, 5.41) is 6.39. The predicted octanol–water partition coefficient (Wildman–Crippen LogP) is 2.34. The van der Waals surface area contributed by atoms with Crippen molar-refractivity contribution in [2.75, 3.05) is 26.8 Å². The van der Waals surface area contributed by atoms with Crippen LogP contribution in [0.2, 0.25) is 0 Å². The van der Waals surface area contributed by atoms with Gasteiger partial charge in [0.2, 0.25) is 5.91 Å². The van der Waals surface area contributed by atoms with Crippen molar-refractivity contribution in [1.82, 2.24) is 10.6 Å². The zero-order chi connectivity index (χ0) is 16.1. The number of hydrogen-bond acceptors (Lipinski definition) is 4. The van der Waals surface area contributed by atoms with E-state index in [1.807, 2.05) is 19.2 Å². The van der Waals surface area contributed by atoms with Gasteiger partial charge in [-0.1, -0.05) is 18.9 Å². The molecule has 1 aliphatic heterocycles. The normalized spacial score (nSPS) is 18.7. The maximum Gasteiger partial charge on any atom is 0.220 e. The topological polar surface area (TPSA) is 59.6 Å². The van der Waals surface area contributed by atoms with E-state index in [1.165, 1.54) is 0 Å². The lowest BCUT2D eigenvalue weighted by Crippen LogP contribution is -2.44. The van der Waals surface area contributed by atoms with E-state index in [9.17, 15) is 4.79 Å². The Hall–Kier alpha value is -1.75. The highest BCUT2D eigenvalue weighted by Crippen LogP contribution is 2.42. The van der Waals surface area contributed by atoms with Crippen molar-refractivity contribution >= 4 is 5.91 Å². The van der Waals surface area contributed by atoms with Gasteiger partial charge in [0.25, 0.3) is 0 Å². The zero-order valence-corrected chi connectivity index (χ0v) is 13.8. The number of benzene rings is 1. The molecule has 1 fully saturated rings. The minimum Gasteiger partial charge on any atom is -0.486 e. The van der Waals surface area contributed by atoms with Crippen molar-refractivity contribution < 1.29 is 14.3 Å². The molecule has 2 N–H and O–H groups in total. The van der Waals surface area contributed by atoms with E-state index in [0.29, 0.717) is 19.6 Å². The molecule has 1 saturated carbocycles. The molecule has 0 bridgehead atoms. The molecule has 1 amide bonds. The molecule has 0 aromatic heterocycles. The third-order valence-corrected chi connectivity index (χ3v) is 4.76. The lowest BCUT2D eigenvalue weighted by Gasteiger charge is -2.32. The number of ether oxygens (including phenoxy) is 2. The van der Waals surface area contributed by atoms with Gasteiger partial charge in [-0.2, -0.15) is 0 Å². The summed E-state index contributed by atoms with van der Waals surface area (Å²) in [4.78, 5) is 12.3. The average molecular weight is 318 g/mol. The van der Waals surface area contributed by atoms with E-state index in [1.54, 1.807) is 0 Å². The summed E-state index contributed by atoms with van der Waals surface area (Å²) in [5.41, 5.74) is 0.897. The van der Waals surface area contributed by atoms with Gasteiger partial charge in [-0.05, 0) is 50.6 Å². The standard InChI is InChI=1S/C18H26N2O3/c1-19-10-4-5-17(21)20-18(8-2-3-9-18)14-6-7-15-16(13-14)23-12-11-22-15/h6-7,13,19H,2-5,8-12H2,1H3,(H,20,21). The number of hydrogen-bond donors (Lipinski definition) is 2. The Kier molecular flexibility index (Phi) is 5.06. The molecule has 0 spiro atoms. The Balaban J connectivity index is 1.76. The Labute approximate surface area is 137 Å². The summed E-state index contributed by atoms with van der Waals surface area (Å²) in [5.74, 6) is 1.73. The second-order valence-electron chi connectivity index (χ2n) is 6.40. The molecule has 1 heterocycles. The van der Waals surface area contributed by atoms with Crippen LogP contribution >= 0.6 is 0 Å². The van der Waals surface area contributed by atoms with Crippen LogP contribution in [0.1, 0.15) is 44.1 Å². The molecule has 2 aliphatic rings. The van der Waals surface area contributed by atoms with Crippen molar-refractivity contribution in [2.24, 2.45) is 0 Å². The first-order valence-electron chi connectivity index (χ1n) is 8.59. The largest absolute Gasteiger partial charge is 0.486 e. The van der Waals surface area contributed by atoms with Gasteiger partial charge in [-0.25, -0.2) is 0 Å². The third-order valence-electron chi connectivity index (χ3n) is 4.76. The SMILES string of the molecule is CNCCCC(=O)NC1(c2ccc3c(c2)OCCO3)CCCC1. The molecule has 0 unspecified atom stereocenters. The van der Waals surface area contributed by atoms with Crippen LogP contribution in [0.5, 0.6) is 11.5 Å². The van der Waals surface area contributed by atoms with E-state index >= 15 is 0 Å². The highest BCUT2D eigenvalue weighted by molar-refractivity contribution is 5.77. The molecule has 5 nitrogen and oxygen atoms in total. The van der Waals surface area contributed by atoms with E-state index in [2.05, 4.69) is 16.7 Å². The molecule has 126 valence electrons. The summed E-state index contributed by atoms with van der Waals surface area (Å²) in [7, 11) is 1.91. The maximum absolute atomic E-state index is 12.3. The minimum atomic E-state index is -0.243. The van der Waals surface area contributed by atoms with Crippen LogP contribution in [-0.2, 0) is 10.3 Å². The van der Waals surface area contributed by atoms with E-state index in [4.69, 9.17) is 9.47 Å². The summed E-state index contributed by atoms with van der Waals surface area (Å²) >= 11 is 0. The van der Waals surface area contributed by atoms with Crippen molar-refractivity contribution in [3.63, 3.8) is 0 Å². The maximum atomic E-state index is 12.3. The minimum absolute atomic E-state index is 0.136. The molecule has 1 aliphatic carbocycles. The van der Waals surface area contributed by atoms with Crippen molar-refractivity contribution in [3.05, 3.63) is 23.8 Å². The number of fused-ring (bicyclic) bond motifs is 1. The van der Waals surface area contributed by atoms with E-state index in [-0.39, 0.29) is 11.4 Å². The molecule has 5 heteroatoms. The molecule has 3 rings (SSSR count). The smallest absolute Gasteiger partial charge is 0.220 e. The van der Waals surface area contributed by atoms with E-state index < -0.39 is 0 Å². The second-order valence-corrected chi connectivity index (χ2v) is 6.40. The highest BCUT2D eigenvalue weighted by atomic mass is 16.6. The van der Waals surface area contributed by atoms with E-state index in [0.717, 1.165) is 55.7 Å². The molecule has 1 aromatic carbocycles. The molecule has 1 aromatic rings. The summed E-state index contributed by atoms with van der Waals surface area (Å²) < 4.78 is 11.3. The summed E-state index contributed by atoms with van der Waals surface area (Å²) in [6, 6.07) is 6.09. The lowest BCUT2D eigenvalue weighted by atomic mass is 9.87. The Bertz CT molecular complexity index is 553. The van der Waals surface area contributed by atoms with Gasteiger partial charge in [-0.15, -0.1) is 0 Å². The average Bonchev–Trinajstić information content (AvgIpc) is 3.04. The summed E-state index contributed by atoms with van der Waals surface area (Å²) in [6.07, 6.45) is 5.69. The Morgan fingerprint density at radius 1 is 1.17 bits per heavy atom. The number of carbonyl (C=O) groups excluding carboxylic acids is 1. The number of amides is 1. The van der Waals surface area contributed by atoms with Crippen LogP contribution in [0, 0.1) is 0 Å². The summed E-state index contributed by atoms with van der Waals surface area (Å²) in [6.45, 7) is 2.05. The van der Waals surface area contributed by atoms with Crippen molar-refractivity contribution in [1.29, 1.82) is 0 Å². The molecule has 0 atom stereocenters. The van der Waals surface area contributed by atoms with Gasteiger partial charge in [0.1, 0.15) is 13.2 Å². The Morgan fingerprint density at radius 3 is 2.65 bits per heavy atom. The van der Waals surface area contributed by atoms with Gasteiger partial charge in [-0.3, -0.25) is 4.79 Å². The fourth-order valence-electron chi connectivity index (χ4n) is 3.56. The van der Waals surface area contributed by atoms with Gasteiger partial charge in [0.15, 0.2) is 11.5 Å². The quantitative estimate of drug-likeness (QED) is 0.791. The fourth-order valence-corrected chi connectivity index (χ4v) is 3.56. The predicted molar refractivity (Wildman–Crippen MR) is 88.9 cm³/mol. The fraction of sp³-hybridized carbons (Fsp3) is 0.611. The first kappa shape index (κ1) is 16.1. The van der Waals surface area contributed by atoms with Crippen LogP contribution in [-0.4, -0.2) is 32.7 Å². The molecular formula is C18H26N2O3. The van der Waals surface area contributed by atoms with Crippen LogP contribution < -0.4 is 20.1 Å². The molecule has 0 saturated heterocycles. The monoisotopic (exact) mass is 318 g/mol. The third kappa shape index (κ3) is 3.61. The van der Waals surface area contributed by atoms with Crippen molar-refractivity contribution in [3.8, 4) is 11.5 Å². The second kappa shape index (κ2) is 7.21. The van der Waals surface area contributed by atoms with Gasteiger partial charge in [0.05, 0.1) is 5.54 Å². The van der Waals surface area contributed by atoms with Crippen LogP contribution in [0.4, 0.5) is 0 Å². The van der Waals surface area contributed by atoms with Gasteiger partial charge in [0, 0.05) is 6.42 Å². The number of nitrogens with one attached hydrogen (secondary N) is 2. The first-order valence-corrected chi connectivity index (χ1v) is 8.59. The van der Waals surface area contributed by atoms with Crippen LogP contribution in [0.25, 0.3) is 0 Å². The zero-order valence-electron chi connectivity index (χ0n) is 13.8. The number of carbonyl (C=O) groups is 1. The van der Waals surface area contributed by atoms with Gasteiger partial charge < -0.3 is 20.1 Å². The molecule has 23 heavy (non-hydrogen) atoms. The highest BCUT2D eigenvalue weighted by Gasteiger charge is 2.37. The van der Waals surface area contributed by atoms with Crippen LogP contribution in [0.15, 0.2) is 18.2 Å². The Morgan fingerprint density at radius 2 is 1.91 bits per heavy atom. The molecular weight excluding hydrogens is 292 g/mol. The first-order chi connectivity index (χ1) is 11.2. The molecule has 0 radical (unpaired) electrons. The number of rotatable bonds is 6. The van der Waals surface area contributed by atoms with Crippen LogP contribution in [0.3, 0.4) is 0 Å². The van der Waals surface area contributed by atoms with Crippen molar-refractivity contribution in [2.45, 2.75) is 44.1 Å².